The number of fused-ring (bicyclic) bond motifs is 1. The van der Waals surface area contributed by atoms with Crippen LogP contribution in [0.1, 0.15) is 11.6 Å². The van der Waals surface area contributed by atoms with E-state index in [9.17, 15) is 5.11 Å². The number of benzene rings is 1. The monoisotopic (exact) mass is 181 g/mol. The van der Waals surface area contributed by atoms with Crippen molar-refractivity contribution >= 4 is 0 Å². The largest absolute Gasteiger partial charge is 0.504 e. The van der Waals surface area contributed by atoms with Gasteiger partial charge in [0.25, 0.3) is 0 Å². The summed E-state index contributed by atoms with van der Waals surface area (Å²) in [6, 6.07) is 3.01. The molecule has 0 unspecified atom stereocenters. The molecule has 1 aromatic rings. The van der Waals surface area contributed by atoms with Gasteiger partial charge in [0.05, 0.1) is 18.7 Å². The molecule has 70 valence electrons. The van der Waals surface area contributed by atoms with Gasteiger partial charge in [0.1, 0.15) is 12.4 Å². The second-order valence-corrected chi connectivity index (χ2v) is 2.95. The molecule has 0 radical (unpaired) electrons. The van der Waals surface area contributed by atoms with E-state index in [1.807, 2.05) is 0 Å². The van der Waals surface area contributed by atoms with Crippen molar-refractivity contribution < 1.29 is 14.6 Å². The van der Waals surface area contributed by atoms with Crippen molar-refractivity contribution in [3.05, 3.63) is 17.7 Å². The Morgan fingerprint density at radius 3 is 3.08 bits per heavy atom. The lowest BCUT2D eigenvalue weighted by atomic mass is 10.1. The molecule has 1 aromatic carbocycles. The van der Waals surface area contributed by atoms with Gasteiger partial charge in [-0.05, 0) is 12.1 Å². The molecule has 1 aliphatic heterocycles. The minimum Gasteiger partial charge on any atom is -0.504 e. The summed E-state index contributed by atoms with van der Waals surface area (Å²) >= 11 is 0. The van der Waals surface area contributed by atoms with E-state index in [1.165, 1.54) is 6.07 Å². The average molecular weight is 181 g/mol. The van der Waals surface area contributed by atoms with Crippen molar-refractivity contribution in [3.8, 4) is 17.2 Å². The molecule has 0 fully saturated rings. The van der Waals surface area contributed by atoms with Crippen LogP contribution in [0.5, 0.6) is 17.2 Å². The number of aromatic hydroxyl groups is 1. The molecule has 0 aliphatic carbocycles. The van der Waals surface area contributed by atoms with E-state index in [4.69, 9.17) is 15.2 Å². The van der Waals surface area contributed by atoms with Crippen molar-refractivity contribution in [2.75, 3.05) is 13.7 Å². The van der Waals surface area contributed by atoms with E-state index in [-0.39, 0.29) is 11.8 Å². The van der Waals surface area contributed by atoms with Gasteiger partial charge in [-0.15, -0.1) is 0 Å². The summed E-state index contributed by atoms with van der Waals surface area (Å²) in [7, 11) is 1.57. The fourth-order valence-corrected chi connectivity index (χ4v) is 1.51. The van der Waals surface area contributed by atoms with Crippen LogP contribution in [0.15, 0.2) is 12.1 Å². The van der Waals surface area contributed by atoms with Crippen molar-refractivity contribution in [1.29, 1.82) is 0 Å². The molecule has 0 saturated carbocycles. The van der Waals surface area contributed by atoms with Gasteiger partial charge in [-0.2, -0.15) is 0 Å². The number of nitrogens with two attached hydrogens (primary N) is 1. The molecule has 2 rings (SSSR count). The number of methoxy groups -OCH3 is 1. The molecule has 3 N–H and O–H groups in total. The van der Waals surface area contributed by atoms with E-state index in [0.717, 1.165) is 5.56 Å². The first-order valence-electron chi connectivity index (χ1n) is 4.02. The first-order chi connectivity index (χ1) is 6.24. The Morgan fingerprint density at radius 1 is 1.62 bits per heavy atom. The van der Waals surface area contributed by atoms with Gasteiger partial charge in [-0.3, -0.25) is 0 Å². The van der Waals surface area contributed by atoms with E-state index >= 15 is 0 Å². The molecule has 0 spiro atoms. The molecule has 13 heavy (non-hydrogen) atoms. The van der Waals surface area contributed by atoms with Gasteiger partial charge in [0.15, 0.2) is 11.5 Å². The topological polar surface area (TPSA) is 64.7 Å². The second-order valence-electron chi connectivity index (χ2n) is 2.95. The molecular formula is C9H11NO3. The third kappa shape index (κ3) is 1.10. The second kappa shape index (κ2) is 2.81. The summed E-state index contributed by atoms with van der Waals surface area (Å²) in [5, 5.41) is 9.43. The highest BCUT2D eigenvalue weighted by Gasteiger charge is 2.27. The maximum Gasteiger partial charge on any atom is 0.169 e. The minimum absolute atomic E-state index is 0.115. The molecule has 0 amide bonds. The third-order valence-electron chi connectivity index (χ3n) is 2.13. The van der Waals surface area contributed by atoms with Crippen LogP contribution in [0.3, 0.4) is 0 Å². The summed E-state index contributed by atoms with van der Waals surface area (Å²) in [4.78, 5) is 0. The number of phenolic OH excluding ortho intramolecular Hbond substituents is 1. The highest BCUT2D eigenvalue weighted by Crippen LogP contribution is 2.43. The molecule has 4 heteroatoms. The smallest absolute Gasteiger partial charge is 0.169 e. The Kier molecular flexibility index (Phi) is 1.77. The van der Waals surface area contributed by atoms with Crippen molar-refractivity contribution in [2.24, 2.45) is 5.73 Å². The lowest BCUT2D eigenvalue weighted by molar-refractivity contribution is 0.317. The lowest BCUT2D eigenvalue weighted by Gasteiger charge is -2.08. The molecule has 1 aliphatic rings. The Hall–Kier alpha value is -1.42. The zero-order valence-corrected chi connectivity index (χ0v) is 7.28. The number of rotatable bonds is 1. The van der Waals surface area contributed by atoms with Crippen LogP contribution in [0.4, 0.5) is 0 Å². The number of phenols is 1. The van der Waals surface area contributed by atoms with Crippen molar-refractivity contribution in [3.63, 3.8) is 0 Å². The predicted molar refractivity (Wildman–Crippen MR) is 47.1 cm³/mol. The Bertz CT molecular complexity index is 338. The predicted octanol–water partition coefficient (Wildman–Crippen LogP) is 0.793. The average Bonchev–Trinajstić information content (AvgIpc) is 2.51. The summed E-state index contributed by atoms with van der Waals surface area (Å²) in [6.07, 6.45) is 0. The fourth-order valence-electron chi connectivity index (χ4n) is 1.51. The highest BCUT2D eigenvalue weighted by atomic mass is 16.5. The Balaban J connectivity index is 2.60. The van der Waals surface area contributed by atoms with E-state index in [0.29, 0.717) is 18.1 Å². The van der Waals surface area contributed by atoms with Crippen LogP contribution in [0, 0.1) is 0 Å². The molecular weight excluding hydrogens is 170 g/mol. The first kappa shape index (κ1) is 8.19. The SMILES string of the molecule is COc1ccc(O)c2c1[C@@H](N)CO2. The summed E-state index contributed by atoms with van der Waals surface area (Å²) in [6.45, 7) is 0.392. The first-order valence-corrected chi connectivity index (χ1v) is 4.02. The zero-order chi connectivity index (χ0) is 9.42. The number of ether oxygens (including phenoxy) is 2. The summed E-state index contributed by atoms with van der Waals surface area (Å²) in [5.41, 5.74) is 6.53. The van der Waals surface area contributed by atoms with Gasteiger partial charge in [-0.25, -0.2) is 0 Å². The van der Waals surface area contributed by atoms with Crippen molar-refractivity contribution in [1.82, 2.24) is 0 Å². The molecule has 1 heterocycles. The molecule has 0 saturated heterocycles. The van der Waals surface area contributed by atoms with Crippen LogP contribution < -0.4 is 15.2 Å². The Morgan fingerprint density at radius 2 is 2.38 bits per heavy atom. The van der Waals surface area contributed by atoms with Gasteiger partial charge < -0.3 is 20.3 Å². The molecule has 0 bridgehead atoms. The lowest BCUT2D eigenvalue weighted by Crippen LogP contribution is -2.11. The normalized spacial score (nSPS) is 19.4. The Labute approximate surface area is 75.9 Å². The molecule has 1 atom stereocenters. The maximum atomic E-state index is 9.43. The minimum atomic E-state index is -0.211. The summed E-state index contributed by atoms with van der Waals surface area (Å²) < 4.78 is 10.3. The van der Waals surface area contributed by atoms with E-state index in [2.05, 4.69) is 0 Å². The van der Waals surface area contributed by atoms with Crippen LogP contribution in [-0.4, -0.2) is 18.8 Å². The van der Waals surface area contributed by atoms with E-state index in [1.54, 1.807) is 13.2 Å². The van der Waals surface area contributed by atoms with Gasteiger partial charge >= 0.3 is 0 Å². The van der Waals surface area contributed by atoms with Crippen LogP contribution in [0.2, 0.25) is 0 Å². The number of hydrogen-bond donors (Lipinski definition) is 2. The van der Waals surface area contributed by atoms with Crippen LogP contribution >= 0.6 is 0 Å². The molecule has 4 nitrogen and oxygen atoms in total. The van der Waals surface area contributed by atoms with Gasteiger partial charge in [-0.1, -0.05) is 0 Å². The summed E-state index contributed by atoms with van der Waals surface area (Å²) in [5.74, 6) is 1.23. The van der Waals surface area contributed by atoms with Gasteiger partial charge in [0, 0.05) is 0 Å². The van der Waals surface area contributed by atoms with E-state index < -0.39 is 0 Å². The van der Waals surface area contributed by atoms with Crippen LogP contribution in [0.25, 0.3) is 0 Å². The quantitative estimate of drug-likeness (QED) is 0.672. The third-order valence-corrected chi connectivity index (χ3v) is 2.13. The fraction of sp³-hybridized carbons (Fsp3) is 0.333. The zero-order valence-electron chi connectivity index (χ0n) is 7.28. The highest BCUT2D eigenvalue weighted by molar-refractivity contribution is 5.56. The van der Waals surface area contributed by atoms with Gasteiger partial charge in [0.2, 0.25) is 0 Å². The van der Waals surface area contributed by atoms with Crippen molar-refractivity contribution in [2.45, 2.75) is 6.04 Å². The van der Waals surface area contributed by atoms with Crippen LogP contribution in [-0.2, 0) is 0 Å². The molecule has 0 aromatic heterocycles. The maximum absolute atomic E-state index is 9.43. The standard InChI is InChI=1S/C9H11NO3/c1-12-7-3-2-6(11)9-8(7)5(10)4-13-9/h2-3,5,11H,4,10H2,1H3/t5-/m0/s1. The number of hydrogen-bond acceptors (Lipinski definition) is 4.